The molecule has 0 aliphatic carbocycles. The first-order valence-electron chi connectivity index (χ1n) is 7.32. The molecule has 1 saturated heterocycles. The first-order valence-corrected chi connectivity index (χ1v) is 7.70. The number of carbonyl (C=O) groups is 1. The maximum Gasteiger partial charge on any atom is 0.322 e. The molecule has 2 nitrogen and oxygen atoms in total. The highest BCUT2D eigenvalue weighted by Crippen LogP contribution is 2.26. The Kier molecular flexibility index (Phi) is 5.57. The van der Waals surface area contributed by atoms with Crippen molar-refractivity contribution in [2.75, 3.05) is 13.1 Å². The van der Waals surface area contributed by atoms with Crippen LogP contribution in [0.15, 0.2) is 30.3 Å². The van der Waals surface area contributed by atoms with Crippen molar-refractivity contribution in [3.63, 3.8) is 0 Å². The Morgan fingerprint density at radius 3 is 2.43 bits per heavy atom. The molecule has 1 heterocycles. The topological polar surface area (TPSA) is 20.3 Å². The Morgan fingerprint density at radius 1 is 1.24 bits per heavy atom. The van der Waals surface area contributed by atoms with Crippen LogP contribution in [-0.2, 0) is 11.2 Å². The largest absolute Gasteiger partial charge is 0.343 e. The fraction of sp³-hybridized carbons (Fsp3) is 0.562. The number of carbonyl (C=O) groups excluding carboxylic acids is 1. The van der Waals surface area contributed by atoms with Gasteiger partial charge in [0.2, 0.25) is 5.91 Å². The van der Waals surface area contributed by atoms with Crippen LogP contribution < -0.4 is 0 Å². The Balaban J connectivity index is 1.74. The van der Waals surface area contributed by atoms with Crippen LogP contribution >= 0.6 is 11.6 Å². The molecule has 0 aromatic heterocycles. The SMILES string of the molecule is O=C(CCC(F)(F)Cl)N1CCC(Cc2ccccc2)CC1. The molecule has 1 fully saturated rings. The van der Waals surface area contributed by atoms with E-state index in [4.69, 9.17) is 11.6 Å². The summed E-state index contributed by atoms with van der Waals surface area (Å²) in [4.78, 5) is 13.5. The van der Waals surface area contributed by atoms with Crippen LogP contribution in [0.2, 0.25) is 0 Å². The lowest BCUT2D eigenvalue weighted by Crippen LogP contribution is -2.39. The van der Waals surface area contributed by atoms with Crippen molar-refractivity contribution in [3.8, 4) is 0 Å². The molecule has 1 aliphatic rings. The van der Waals surface area contributed by atoms with Crippen molar-refractivity contribution in [2.24, 2.45) is 5.92 Å². The van der Waals surface area contributed by atoms with Gasteiger partial charge in [-0.3, -0.25) is 4.79 Å². The lowest BCUT2D eigenvalue weighted by Gasteiger charge is -2.32. The first-order chi connectivity index (χ1) is 9.94. The van der Waals surface area contributed by atoms with Crippen LogP contribution in [0.4, 0.5) is 8.78 Å². The third-order valence-corrected chi connectivity index (χ3v) is 4.15. The van der Waals surface area contributed by atoms with E-state index in [1.165, 1.54) is 5.56 Å². The van der Waals surface area contributed by atoms with Gasteiger partial charge in [0.05, 0.1) is 0 Å². The van der Waals surface area contributed by atoms with E-state index in [0.717, 1.165) is 19.3 Å². The molecular weight excluding hydrogens is 296 g/mol. The number of benzene rings is 1. The van der Waals surface area contributed by atoms with Gasteiger partial charge in [0.1, 0.15) is 0 Å². The number of piperidine rings is 1. The number of alkyl halides is 3. The van der Waals surface area contributed by atoms with Gasteiger partial charge >= 0.3 is 5.38 Å². The zero-order valence-corrected chi connectivity index (χ0v) is 12.7. The summed E-state index contributed by atoms with van der Waals surface area (Å²) in [7, 11) is 0. The zero-order valence-electron chi connectivity index (χ0n) is 11.9. The fourth-order valence-electron chi connectivity index (χ4n) is 2.74. The summed E-state index contributed by atoms with van der Waals surface area (Å²) >= 11 is 4.83. The van der Waals surface area contributed by atoms with Crippen LogP contribution in [0.3, 0.4) is 0 Å². The number of hydrogen-bond acceptors (Lipinski definition) is 1. The number of nitrogens with zero attached hydrogens (tertiary/aromatic N) is 1. The molecule has 0 N–H and O–H groups in total. The van der Waals surface area contributed by atoms with Crippen molar-refractivity contribution < 1.29 is 13.6 Å². The number of likely N-dealkylation sites (tertiary alicyclic amines) is 1. The van der Waals surface area contributed by atoms with E-state index in [1.807, 2.05) is 18.2 Å². The van der Waals surface area contributed by atoms with E-state index in [2.05, 4.69) is 12.1 Å². The lowest BCUT2D eigenvalue weighted by atomic mass is 9.90. The molecule has 0 radical (unpaired) electrons. The van der Waals surface area contributed by atoms with E-state index < -0.39 is 11.8 Å². The molecule has 1 aromatic rings. The predicted octanol–water partition coefficient (Wildman–Crippen LogP) is 4.08. The molecule has 0 saturated carbocycles. The smallest absolute Gasteiger partial charge is 0.322 e. The molecule has 1 aliphatic heterocycles. The molecular formula is C16H20ClF2NO. The maximum absolute atomic E-state index is 12.5. The van der Waals surface area contributed by atoms with Gasteiger partial charge in [-0.1, -0.05) is 30.3 Å². The minimum absolute atomic E-state index is 0.181. The van der Waals surface area contributed by atoms with Crippen LogP contribution in [-0.4, -0.2) is 29.3 Å². The molecule has 1 aromatic carbocycles. The second-order valence-corrected chi connectivity index (χ2v) is 6.18. The number of halogens is 3. The van der Waals surface area contributed by atoms with Crippen molar-refractivity contribution in [3.05, 3.63) is 35.9 Å². The summed E-state index contributed by atoms with van der Waals surface area (Å²) in [5.74, 6) is 0.347. The van der Waals surface area contributed by atoms with Gasteiger partial charge < -0.3 is 4.90 Å². The predicted molar refractivity (Wildman–Crippen MR) is 79.5 cm³/mol. The minimum Gasteiger partial charge on any atom is -0.343 e. The van der Waals surface area contributed by atoms with Gasteiger partial charge in [0.25, 0.3) is 0 Å². The Bertz CT molecular complexity index is 453. The highest BCUT2D eigenvalue weighted by atomic mass is 35.5. The summed E-state index contributed by atoms with van der Waals surface area (Å²) < 4.78 is 25.1. The van der Waals surface area contributed by atoms with Crippen molar-refractivity contribution in [2.45, 2.75) is 37.5 Å². The van der Waals surface area contributed by atoms with E-state index >= 15 is 0 Å². The second kappa shape index (κ2) is 7.21. The van der Waals surface area contributed by atoms with E-state index in [-0.39, 0.29) is 12.3 Å². The lowest BCUT2D eigenvalue weighted by molar-refractivity contribution is -0.133. The number of rotatable bonds is 5. The highest BCUT2D eigenvalue weighted by Gasteiger charge is 2.28. The van der Waals surface area contributed by atoms with Crippen molar-refractivity contribution in [1.29, 1.82) is 0 Å². The average molecular weight is 316 g/mol. The maximum atomic E-state index is 12.5. The summed E-state index contributed by atoms with van der Waals surface area (Å²) in [5, 5.41) is -3.28. The van der Waals surface area contributed by atoms with E-state index in [9.17, 15) is 13.6 Å². The molecule has 0 atom stereocenters. The summed E-state index contributed by atoms with van der Waals surface area (Å²) in [6, 6.07) is 10.3. The van der Waals surface area contributed by atoms with Crippen molar-refractivity contribution >= 4 is 17.5 Å². The molecule has 0 unspecified atom stereocenters. The molecule has 116 valence electrons. The summed E-state index contributed by atoms with van der Waals surface area (Å²) in [6.45, 7) is 1.31. The van der Waals surface area contributed by atoms with Crippen LogP contribution in [0.1, 0.15) is 31.2 Å². The number of amides is 1. The van der Waals surface area contributed by atoms with Crippen molar-refractivity contribution in [1.82, 2.24) is 4.90 Å². The monoisotopic (exact) mass is 315 g/mol. The molecule has 5 heteroatoms. The molecule has 21 heavy (non-hydrogen) atoms. The molecule has 2 rings (SSSR count). The van der Waals surface area contributed by atoms with Gasteiger partial charge in [-0.05, 0) is 42.3 Å². The summed E-state index contributed by atoms with van der Waals surface area (Å²) in [5.41, 5.74) is 1.31. The third kappa shape index (κ3) is 5.62. The second-order valence-electron chi connectivity index (χ2n) is 5.63. The van der Waals surface area contributed by atoms with Crippen LogP contribution in [0.5, 0.6) is 0 Å². The zero-order chi connectivity index (χ0) is 15.3. The van der Waals surface area contributed by atoms with E-state index in [0.29, 0.717) is 19.0 Å². The molecule has 0 bridgehead atoms. The molecule has 0 spiro atoms. The van der Waals surface area contributed by atoms with Crippen LogP contribution in [0, 0.1) is 5.92 Å². The minimum atomic E-state index is -3.28. The van der Waals surface area contributed by atoms with Gasteiger partial charge in [-0.25, -0.2) is 0 Å². The normalized spacial score (nSPS) is 17.0. The number of hydrogen-bond donors (Lipinski definition) is 0. The first kappa shape index (κ1) is 16.2. The third-order valence-electron chi connectivity index (χ3n) is 3.96. The van der Waals surface area contributed by atoms with E-state index in [1.54, 1.807) is 4.90 Å². The van der Waals surface area contributed by atoms with Gasteiger partial charge in [-0.2, -0.15) is 8.78 Å². The highest BCUT2D eigenvalue weighted by molar-refractivity contribution is 6.21. The quantitative estimate of drug-likeness (QED) is 0.750. The van der Waals surface area contributed by atoms with Gasteiger partial charge in [0, 0.05) is 25.9 Å². The van der Waals surface area contributed by atoms with Crippen LogP contribution in [0.25, 0.3) is 0 Å². The van der Waals surface area contributed by atoms with Gasteiger partial charge in [0.15, 0.2) is 0 Å². The Morgan fingerprint density at radius 2 is 1.86 bits per heavy atom. The Labute approximate surface area is 129 Å². The fourth-order valence-corrected chi connectivity index (χ4v) is 2.84. The molecule has 1 amide bonds. The van der Waals surface area contributed by atoms with Gasteiger partial charge in [-0.15, -0.1) is 0 Å². The average Bonchev–Trinajstić information content (AvgIpc) is 2.46. The summed E-state index contributed by atoms with van der Waals surface area (Å²) in [6.07, 6.45) is 2.11. The Hall–Kier alpha value is -1.16. The standard InChI is InChI=1S/C16H20ClF2NO/c17-16(18,19)9-6-15(21)20-10-7-14(8-11-20)12-13-4-2-1-3-5-13/h1-5,14H,6-12H2.